The molecule has 1 aromatic rings. The Morgan fingerprint density at radius 2 is 1.78 bits per heavy atom. The van der Waals surface area contributed by atoms with Crippen molar-refractivity contribution in [2.75, 3.05) is 70.3 Å². The summed E-state index contributed by atoms with van der Waals surface area (Å²) in [7, 11) is 0. The van der Waals surface area contributed by atoms with E-state index in [0.717, 1.165) is 45.1 Å². The number of rotatable bonds is 7. The highest BCUT2D eigenvalue weighted by atomic mass is 15.3. The summed E-state index contributed by atoms with van der Waals surface area (Å²) in [4.78, 5) is 12.3. The highest BCUT2D eigenvalue weighted by Crippen LogP contribution is 2.19. The average Bonchev–Trinajstić information content (AvgIpc) is 3.18. The van der Waals surface area contributed by atoms with Crippen molar-refractivity contribution in [2.45, 2.75) is 26.3 Å². The summed E-state index contributed by atoms with van der Waals surface area (Å²) in [5.74, 6) is 0.963. The summed E-state index contributed by atoms with van der Waals surface area (Å²) in [5.41, 5.74) is 1.31. The Morgan fingerprint density at radius 3 is 2.48 bits per heavy atom. The van der Waals surface area contributed by atoms with Crippen LogP contribution in [0.5, 0.6) is 0 Å². The Bertz CT molecular complexity index is 567. The third-order valence-electron chi connectivity index (χ3n) is 5.59. The van der Waals surface area contributed by atoms with Crippen molar-refractivity contribution in [1.29, 1.82) is 0 Å². The van der Waals surface area contributed by atoms with Crippen LogP contribution in [0, 0.1) is 0 Å². The number of nitrogens with zero attached hydrogens (tertiary/aromatic N) is 4. The molecule has 27 heavy (non-hydrogen) atoms. The number of hydrogen-bond donors (Lipinski definition) is 2. The largest absolute Gasteiger partial charge is 0.369 e. The molecule has 3 rings (SSSR count). The molecule has 0 aliphatic carbocycles. The van der Waals surface area contributed by atoms with E-state index in [4.69, 9.17) is 4.99 Å². The van der Waals surface area contributed by atoms with Gasteiger partial charge in [0.1, 0.15) is 0 Å². The maximum Gasteiger partial charge on any atom is 0.191 e. The normalized spacial score (nSPS) is 22.2. The van der Waals surface area contributed by atoms with Gasteiger partial charge in [-0.05, 0) is 32.0 Å². The Hall–Kier alpha value is -1.79. The number of piperazine rings is 1. The number of nitrogens with one attached hydrogen (secondary N) is 2. The van der Waals surface area contributed by atoms with E-state index in [1.807, 2.05) is 0 Å². The van der Waals surface area contributed by atoms with Gasteiger partial charge < -0.3 is 20.4 Å². The molecule has 1 unspecified atom stereocenters. The van der Waals surface area contributed by atoms with Gasteiger partial charge in [0.2, 0.25) is 0 Å². The molecular formula is C21H36N6. The number of likely N-dealkylation sites (N-methyl/N-ethyl adjacent to an activating group) is 1. The van der Waals surface area contributed by atoms with Crippen LogP contribution in [0.4, 0.5) is 5.69 Å². The number of hydrogen-bond acceptors (Lipinski definition) is 4. The molecule has 2 N–H and O–H groups in total. The van der Waals surface area contributed by atoms with Gasteiger partial charge >= 0.3 is 0 Å². The second-order valence-corrected chi connectivity index (χ2v) is 7.45. The molecule has 1 atom stereocenters. The standard InChI is InChI=1S/C21H36N6/c1-3-22-21(23-11-13-26-16-14-25(4-2)15-17-26)24-19-10-12-27(18-19)20-8-6-5-7-9-20/h5-9,19H,3-4,10-18H2,1-2H3,(H2,22,23,24). The third kappa shape index (κ3) is 6.11. The fourth-order valence-corrected chi connectivity index (χ4v) is 3.90. The molecule has 0 amide bonds. The van der Waals surface area contributed by atoms with Gasteiger partial charge in [-0.25, -0.2) is 0 Å². The molecule has 2 fully saturated rings. The van der Waals surface area contributed by atoms with Crippen LogP contribution in [-0.4, -0.2) is 87.2 Å². The third-order valence-corrected chi connectivity index (χ3v) is 5.59. The Labute approximate surface area is 164 Å². The molecule has 6 nitrogen and oxygen atoms in total. The summed E-state index contributed by atoms with van der Waals surface area (Å²) >= 11 is 0. The van der Waals surface area contributed by atoms with Gasteiger partial charge in [-0.15, -0.1) is 0 Å². The van der Waals surface area contributed by atoms with Crippen molar-refractivity contribution in [2.24, 2.45) is 4.99 Å². The zero-order valence-electron chi connectivity index (χ0n) is 17.0. The van der Waals surface area contributed by atoms with E-state index in [2.05, 4.69) is 69.5 Å². The first-order valence-electron chi connectivity index (χ1n) is 10.6. The lowest BCUT2D eigenvalue weighted by atomic mass is 10.3. The first-order chi connectivity index (χ1) is 13.3. The minimum absolute atomic E-state index is 0.455. The number of guanidine groups is 1. The lowest BCUT2D eigenvalue weighted by molar-refractivity contribution is 0.140. The van der Waals surface area contributed by atoms with E-state index in [1.54, 1.807) is 0 Å². The molecule has 0 saturated carbocycles. The predicted molar refractivity (Wildman–Crippen MR) is 115 cm³/mol. The predicted octanol–water partition coefficient (Wildman–Crippen LogP) is 1.46. The van der Waals surface area contributed by atoms with Crippen molar-refractivity contribution in [3.63, 3.8) is 0 Å². The molecule has 0 aromatic heterocycles. The summed E-state index contributed by atoms with van der Waals surface area (Å²) in [6.45, 7) is 15.2. The zero-order chi connectivity index (χ0) is 18.9. The highest BCUT2D eigenvalue weighted by Gasteiger charge is 2.23. The molecule has 2 heterocycles. The minimum atomic E-state index is 0.455. The molecule has 0 spiro atoms. The Balaban J connectivity index is 1.44. The van der Waals surface area contributed by atoms with E-state index in [-0.39, 0.29) is 0 Å². The first kappa shape index (κ1) is 20.0. The topological polar surface area (TPSA) is 46.1 Å². The van der Waals surface area contributed by atoms with Crippen molar-refractivity contribution in [3.05, 3.63) is 30.3 Å². The van der Waals surface area contributed by atoms with Crippen LogP contribution < -0.4 is 15.5 Å². The van der Waals surface area contributed by atoms with Crippen LogP contribution in [-0.2, 0) is 0 Å². The number of benzene rings is 1. The minimum Gasteiger partial charge on any atom is -0.369 e. The van der Waals surface area contributed by atoms with Crippen molar-refractivity contribution < 1.29 is 0 Å². The second kappa shape index (κ2) is 10.5. The van der Waals surface area contributed by atoms with Crippen LogP contribution in [0.2, 0.25) is 0 Å². The van der Waals surface area contributed by atoms with Gasteiger partial charge in [0.05, 0.1) is 6.54 Å². The monoisotopic (exact) mass is 372 g/mol. The summed E-state index contributed by atoms with van der Waals surface area (Å²) in [6, 6.07) is 11.1. The summed E-state index contributed by atoms with van der Waals surface area (Å²) < 4.78 is 0. The van der Waals surface area contributed by atoms with E-state index >= 15 is 0 Å². The fourth-order valence-electron chi connectivity index (χ4n) is 3.90. The van der Waals surface area contributed by atoms with E-state index in [1.165, 1.54) is 38.4 Å². The second-order valence-electron chi connectivity index (χ2n) is 7.45. The molecule has 1 aromatic carbocycles. The van der Waals surface area contributed by atoms with Gasteiger partial charge in [0, 0.05) is 64.1 Å². The van der Waals surface area contributed by atoms with Gasteiger partial charge in [-0.3, -0.25) is 9.89 Å². The lowest BCUT2D eigenvalue weighted by Crippen LogP contribution is -2.47. The molecule has 0 bridgehead atoms. The smallest absolute Gasteiger partial charge is 0.191 e. The molecule has 0 radical (unpaired) electrons. The van der Waals surface area contributed by atoms with Crippen molar-refractivity contribution >= 4 is 11.6 Å². The Kier molecular flexibility index (Phi) is 7.78. The first-order valence-corrected chi connectivity index (χ1v) is 10.6. The molecular weight excluding hydrogens is 336 g/mol. The van der Waals surface area contributed by atoms with Gasteiger partial charge in [0.15, 0.2) is 5.96 Å². The maximum atomic E-state index is 4.83. The summed E-state index contributed by atoms with van der Waals surface area (Å²) in [5, 5.41) is 7.05. The van der Waals surface area contributed by atoms with Gasteiger partial charge in [0.25, 0.3) is 0 Å². The van der Waals surface area contributed by atoms with Crippen LogP contribution >= 0.6 is 0 Å². The molecule has 2 aliphatic rings. The number of anilines is 1. The Morgan fingerprint density at radius 1 is 1.04 bits per heavy atom. The number of para-hydroxylation sites is 1. The average molecular weight is 373 g/mol. The SMILES string of the molecule is CCNC(=NCCN1CCN(CC)CC1)NC1CCN(c2ccccc2)C1. The quantitative estimate of drug-likeness (QED) is 0.560. The number of aliphatic imine (C=N–C) groups is 1. The molecule has 2 saturated heterocycles. The fraction of sp³-hybridized carbons (Fsp3) is 0.667. The van der Waals surface area contributed by atoms with Crippen LogP contribution in [0.3, 0.4) is 0 Å². The van der Waals surface area contributed by atoms with Crippen molar-refractivity contribution in [1.82, 2.24) is 20.4 Å². The summed E-state index contributed by atoms with van der Waals surface area (Å²) in [6.07, 6.45) is 1.15. The van der Waals surface area contributed by atoms with E-state index < -0.39 is 0 Å². The highest BCUT2D eigenvalue weighted by molar-refractivity contribution is 5.80. The van der Waals surface area contributed by atoms with E-state index in [9.17, 15) is 0 Å². The van der Waals surface area contributed by atoms with Gasteiger partial charge in [-0.2, -0.15) is 0 Å². The van der Waals surface area contributed by atoms with Gasteiger partial charge in [-0.1, -0.05) is 25.1 Å². The lowest BCUT2D eigenvalue weighted by Gasteiger charge is -2.33. The molecule has 2 aliphatic heterocycles. The van der Waals surface area contributed by atoms with E-state index in [0.29, 0.717) is 6.04 Å². The maximum absolute atomic E-state index is 4.83. The van der Waals surface area contributed by atoms with Crippen molar-refractivity contribution in [3.8, 4) is 0 Å². The molecule has 6 heteroatoms. The van der Waals surface area contributed by atoms with Crippen LogP contribution in [0.1, 0.15) is 20.3 Å². The molecule has 150 valence electrons. The van der Waals surface area contributed by atoms with Crippen LogP contribution in [0.15, 0.2) is 35.3 Å². The van der Waals surface area contributed by atoms with Crippen LogP contribution in [0.25, 0.3) is 0 Å². The zero-order valence-corrected chi connectivity index (χ0v) is 17.0.